The Hall–Kier alpha value is -2.54. The summed E-state index contributed by atoms with van der Waals surface area (Å²) in [5.74, 6) is 1.88. The van der Waals surface area contributed by atoms with Crippen molar-refractivity contribution >= 4 is 17.7 Å². The highest BCUT2D eigenvalue weighted by Crippen LogP contribution is 2.30. The predicted octanol–water partition coefficient (Wildman–Crippen LogP) is 4.38. The number of furan rings is 1. The predicted molar refractivity (Wildman–Crippen MR) is 110 cm³/mol. The zero-order valence-corrected chi connectivity index (χ0v) is 16.7. The van der Waals surface area contributed by atoms with Crippen molar-refractivity contribution in [3.63, 3.8) is 0 Å². The highest BCUT2D eigenvalue weighted by atomic mass is 32.2. The van der Waals surface area contributed by atoms with Gasteiger partial charge in [0.25, 0.3) is 0 Å². The van der Waals surface area contributed by atoms with Gasteiger partial charge in [-0.05, 0) is 38.0 Å². The second-order valence-electron chi connectivity index (χ2n) is 7.06. The van der Waals surface area contributed by atoms with Crippen LogP contribution in [0.5, 0.6) is 0 Å². The quantitative estimate of drug-likeness (QED) is 0.626. The summed E-state index contributed by atoms with van der Waals surface area (Å²) in [6.07, 6.45) is 7.50. The Morgan fingerprint density at radius 1 is 1.18 bits per heavy atom. The summed E-state index contributed by atoms with van der Waals surface area (Å²) in [7, 11) is 0. The SMILES string of the molecule is Cc1occc1-c1nnc(SCC(=O)NC2CCCCC2)n1-c1ccccc1. The number of nitrogens with one attached hydrogen (secondary N) is 1. The molecule has 0 aliphatic heterocycles. The average molecular weight is 397 g/mol. The minimum absolute atomic E-state index is 0.0561. The van der Waals surface area contributed by atoms with Gasteiger partial charge in [0.05, 0.1) is 17.6 Å². The Bertz CT molecular complexity index is 929. The smallest absolute Gasteiger partial charge is 0.230 e. The molecular formula is C21H24N4O2S. The molecule has 1 aliphatic carbocycles. The van der Waals surface area contributed by atoms with E-state index in [1.807, 2.05) is 47.9 Å². The summed E-state index contributed by atoms with van der Waals surface area (Å²) >= 11 is 1.41. The lowest BCUT2D eigenvalue weighted by Gasteiger charge is -2.22. The Balaban J connectivity index is 1.54. The van der Waals surface area contributed by atoms with E-state index in [-0.39, 0.29) is 5.91 Å². The van der Waals surface area contributed by atoms with Gasteiger partial charge in [-0.15, -0.1) is 10.2 Å². The third-order valence-corrected chi connectivity index (χ3v) is 5.98. The van der Waals surface area contributed by atoms with Crippen molar-refractivity contribution in [2.45, 2.75) is 50.2 Å². The van der Waals surface area contributed by atoms with E-state index in [9.17, 15) is 4.79 Å². The van der Waals surface area contributed by atoms with Gasteiger partial charge >= 0.3 is 0 Å². The van der Waals surface area contributed by atoms with Crippen molar-refractivity contribution in [2.75, 3.05) is 5.75 Å². The summed E-state index contributed by atoms with van der Waals surface area (Å²) in [6, 6.07) is 12.2. The van der Waals surface area contributed by atoms with Gasteiger partial charge in [0.15, 0.2) is 11.0 Å². The Morgan fingerprint density at radius 2 is 1.96 bits per heavy atom. The molecule has 0 unspecified atom stereocenters. The molecule has 1 aromatic carbocycles. The van der Waals surface area contributed by atoms with E-state index < -0.39 is 0 Å². The first-order valence-electron chi connectivity index (χ1n) is 9.70. The van der Waals surface area contributed by atoms with Crippen LogP contribution in [0.1, 0.15) is 37.9 Å². The van der Waals surface area contributed by atoms with Crippen LogP contribution in [-0.2, 0) is 4.79 Å². The molecule has 6 nitrogen and oxygen atoms in total. The number of para-hydroxylation sites is 1. The van der Waals surface area contributed by atoms with E-state index in [1.165, 1.54) is 31.0 Å². The lowest BCUT2D eigenvalue weighted by atomic mass is 9.95. The largest absolute Gasteiger partial charge is 0.469 e. The molecule has 1 saturated carbocycles. The number of rotatable bonds is 6. The van der Waals surface area contributed by atoms with Gasteiger partial charge in [0.1, 0.15) is 5.76 Å². The minimum atomic E-state index is 0.0561. The standard InChI is InChI=1S/C21H24N4O2S/c1-15-18(12-13-27-15)20-23-24-21(25(20)17-10-6-3-7-11-17)28-14-19(26)22-16-8-4-2-5-9-16/h3,6-7,10-13,16H,2,4-5,8-9,14H2,1H3,(H,22,26). The number of hydrogen-bond donors (Lipinski definition) is 1. The molecule has 1 fully saturated rings. The maximum Gasteiger partial charge on any atom is 0.230 e. The summed E-state index contributed by atoms with van der Waals surface area (Å²) in [5.41, 5.74) is 1.85. The fourth-order valence-corrected chi connectivity index (χ4v) is 4.37. The van der Waals surface area contributed by atoms with Crippen LogP contribution in [0.15, 0.2) is 52.2 Å². The average Bonchev–Trinajstić information content (AvgIpc) is 3.33. The molecule has 0 radical (unpaired) electrons. The summed E-state index contributed by atoms with van der Waals surface area (Å²) in [5, 5.41) is 12.6. The van der Waals surface area contributed by atoms with Crippen molar-refractivity contribution in [1.29, 1.82) is 0 Å². The molecule has 4 rings (SSSR count). The maximum atomic E-state index is 12.4. The summed E-state index contributed by atoms with van der Waals surface area (Å²) in [6.45, 7) is 1.91. The lowest BCUT2D eigenvalue weighted by Crippen LogP contribution is -2.37. The van der Waals surface area contributed by atoms with Crippen LogP contribution >= 0.6 is 11.8 Å². The maximum absolute atomic E-state index is 12.4. The molecule has 0 atom stereocenters. The molecule has 1 aliphatic rings. The van der Waals surface area contributed by atoms with Crippen molar-refractivity contribution < 1.29 is 9.21 Å². The highest BCUT2D eigenvalue weighted by Gasteiger charge is 2.21. The lowest BCUT2D eigenvalue weighted by molar-refractivity contribution is -0.119. The molecule has 0 saturated heterocycles. The molecule has 28 heavy (non-hydrogen) atoms. The molecule has 3 aromatic rings. The molecule has 1 N–H and O–H groups in total. The van der Waals surface area contributed by atoms with Crippen molar-refractivity contribution in [1.82, 2.24) is 20.1 Å². The molecule has 7 heteroatoms. The van der Waals surface area contributed by atoms with Crippen LogP contribution in [0.4, 0.5) is 0 Å². The van der Waals surface area contributed by atoms with Gasteiger partial charge in [0, 0.05) is 11.7 Å². The highest BCUT2D eigenvalue weighted by molar-refractivity contribution is 7.99. The number of nitrogens with zero attached hydrogens (tertiary/aromatic N) is 3. The zero-order valence-electron chi connectivity index (χ0n) is 15.9. The Labute approximate surface area is 168 Å². The number of amides is 1. The van der Waals surface area contributed by atoms with Crippen LogP contribution in [0, 0.1) is 6.92 Å². The number of carbonyl (C=O) groups is 1. The van der Waals surface area contributed by atoms with Gasteiger partial charge in [-0.3, -0.25) is 9.36 Å². The molecule has 1 amide bonds. The normalized spacial score (nSPS) is 14.9. The van der Waals surface area contributed by atoms with E-state index in [0.717, 1.165) is 29.9 Å². The van der Waals surface area contributed by atoms with Gasteiger partial charge in [0.2, 0.25) is 5.91 Å². The molecule has 0 bridgehead atoms. The van der Waals surface area contributed by atoms with Crippen LogP contribution in [-0.4, -0.2) is 32.5 Å². The van der Waals surface area contributed by atoms with Gasteiger partial charge in [-0.2, -0.15) is 0 Å². The summed E-state index contributed by atoms with van der Waals surface area (Å²) < 4.78 is 7.43. The second-order valence-corrected chi connectivity index (χ2v) is 8.00. The zero-order chi connectivity index (χ0) is 19.3. The van der Waals surface area contributed by atoms with E-state index >= 15 is 0 Å². The molecule has 2 aromatic heterocycles. The summed E-state index contributed by atoms with van der Waals surface area (Å²) in [4.78, 5) is 12.4. The Kier molecular flexibility index (Phi) is 5.81. The van der Waals surface area contributed by atoms with E-state index in [1.54, 1.807) is 6.26 Å². The Morgan fingerprint density at radius 3 is 2.68 bits per heavy atom. The molecule has 146 valence electrons. The van der Waals surface area contributed by atoms with Crippen molar-refractivity contribution in [3.05, 3.63) is 48.4 Å². The van der Waals surface area contributed by atoms with E-state index in [0.29, 0.717) is 22.8 Å². The van der Waals surface area contributed by atoms with Crippen LogP contribution in [0.3, 0.4) is 0 Å². The van der Waals surface area contributed by atoms with Gasteiger partial charge in [-0.25, -0.2) is 0 Å². The molecule has 0 spiro atoms. The fraction of sp³-hybridized carbons (Fsp3) is 0.381. The number of aromatic nitrogens is 3. The van der Waals surface area contributed by atoms with Gasteiger partial charge < -0.3 is 9.73 Å². The van der Waals surface area contributed by atoms with Crippen molar-refractivity contribution in [2.24, 2.45) is 0 Å². The number of benzene rings is 1. The fourth-order valence-electron chi connectivity index (χ4n) is 3.61. The number of aryl methyl sites for hydroxylation is 1. The molecule has 2 heterocycles. The number of thioether (sulfide) groups is 1. The first kappa shape index (κ1) is 18.8. The van der Waals surface area contributed by atoms with Crippen LogP contribution in [0.25, 0.3) is 17.1 Å². The van der Waals surface area contributed by atoms with E-state index in [4.69, 9.17) is 4.42 Å². The van der Waals surface area contributed by atoms with E-state index in [2.05, 4.69) is 15.5 Å². The van der Waals surface area contributed by atoms with Crippen LogP contribution < -0.4 is 5.32 Å². The van der Waals surface area contributed by atoms with Gasteiger partial charge in [-0.1, -0.05) is 49.2 Å². The first-order valence-corrected chi connectivity index (χ1v) is 10.7. The van der Waals surface area contributed by atoms with Crippen molar-refractivity contribution in [3.8, 4) is 17.1 Å². The first-order chi connectivity index (χ1) is 13.7. The topological polar surface area (TPSA) is 72.9 Å². The number of carbonyl (C=O) groups excluding carboxylic acids is 1. The molecular weight excluding hydrogens is 372 g/mol. The third kappa shape index (κ3) is 4.14. The third-order valence-electron chi connectivity index (χ3n) is 5.05. The van der Waals surface area contributed by atoms with Crippen LogP contribution in [0.2, 0.25) is 0 Å². The second kappa shape index (κ2) is 8.65. The number of hydrogen-bond acceptors (Lipinski definition) is 5. The minimum Gasteiger partial charge on any atom is -0.469 e. The monoisotopic (exact) mass is 396 g/mol.